The number of imidazole rings is 2. The van der Waals surface area contributed by atoms with Gasteiger partial charge in [-0.05, 0) is 26.0 Å². The van der Waals surface area contributed by atoms with Crippen molar-refractivity contribution in [2.75, 3.05) is 0 Å². The molecule has 0 saturated heterocycles. The largest absolute Gasteiger partial charge is 2.00 e. The van der Waals surface area contributed by atoms with Crippen LogP contribution in [0, 0.1) is 13.8 Å². The number of pyridine rings is 1. The van der Waals surface area contributed by atoms with Crippen molar-refractivity contribution in [1.82, 2.24) is 24.9 Å². The Labute approximate surface area is 149 Å². The summed E-state index contributed by atoms with van der Waals surface area (Å²) in [5, 5.41) is 0. The van der Waals surface area contributed by atoms with E-state index in [2.05, 4.69) is 24.9 Å². The number of aryl methyl sites for hydroxylation is 2. The van der Waals surface area contributed by atoms with Gasteiger partial charge in [-0.1, -0.05) is 0 Å². The minimum atomic E-state index is 0. The van der Waals surface area contributed by atoms with E-state index >= 15 is 0 Å². The van der Waals surface area contributed by atoms with E-state index in [1.54, 1.807) is 6.20 Å². The van der Waals surface area contributed by atoms with Gasteiger partial charge in [0.15, 0.2) is 5.82 Å². The van der Waals surface area contributed by atoms with Crippen LogP contribution in [0.4, 0.5) is 0 Å². The van der Waals surface area contributed by atoms with Crippen molar-refractivity contribution in [2.45, 2.75) is 13.8 Å². The Morgan fingerprint density at radius 2 is 1.48 bits per heavy atom. The average molecular weight is 505 g/mol. The van der Waals surface area contributed by atoms with Gasteiger partial charge in [0.1, 0.15) is 11.5 Å². The predicted molar refractivity (Wildman–Crippen MR) is 68.9 cm³/mol. The minimum absolute atomic E-state index is 0. The number of nitrogens with one attached hydrogen (secondary N) is 2. The van der Waals surface area contributed by atoms with Crippen LogP contribution in [0.2, 0.25) is 0 Å². The van der Waals surface area contributed by atoms with Gasteiger partial charge < -0.3 is 34.8 Å². The fourth-order valence-corrected chi connectivity index (χ4v) is 1.87. The molecular weight excluding hydrogens is 492 g/mol. The van der Waals surface area contributed by atoms with Gasteiger partial charge in [-0.25, -0.2) is 9.97 Å². The Balaban J connectivity index is 0.00000133. The van der Waals surface area contributed by atoms with Gasteiger partial charge in [-0.2, -0.15) is 0 Å². The molecule has 0 unspecified atom stereocenters. The SMILES string of the molecule is Cc1c[nH]c(-c2cccnc2-c2nc(C)c[nH]2)n1.[Cl-].[Cl-].[Pt+2]. The molecule has 0 fully saturated rings. The zero-order valence-corrected chi connectivity index (χ0v) is 15.1. The molecule has 8 heteroatoms. The predicted octanol–water partition coefficient (Wildman–Crippen LogP) is -3.52. The number of rotatable bonds is 2. The molecule has 3 rings (SSSR count). The van der Waals surface area contributed by atoms with E-state index in [1.807, 2.05) is 38.4 Å². The maximum Gasteiger partial charge on any atom is 2.00 e. The van der Waals surface area contributed by atoms with E-state index in [9.17, 15) is 0 Å². The fourth-order valence-electron chi connectivity index (χ4n) is 1.87. The van der Waals surface area contributed by atoms with Crippen LogP contribution in [0.25, 0.3) is 22.9 Å². The first-order valence-corrected chi connectivity index (χ1v) is 5.74. The van der Waals surface area contributed by atoms with Crippen molar-refractivity contribution in [3.63, 3.8) is 0 Å². The number of hydrogen-bond donors (Lipinski definition) is 2. The maximum atomic E-state index is 4.44. The van der Waals surface area contributed by atoms with E-state index in [0.29, 0.717) is 0 Å². The van der Waals surface area contributed by atoms with Crippen molar-refractivity contribution >= 4 is 0 Å². The monoisotopic (exact) mass is 504 g/mol. The molecule has 114 valence electrons. The van der Waals surface area contributed by atoms with Crippen LogP contribution < -0.4 is 24.8 Å². The molecule has 5 nitrogen and oxygen atoms in total. The topological polar surface area (TPSA) is 70.2 Å². The summed E-state index contributed by atoms with van der Waals surface area (Å²) in [6.45, 7) is 3.90. The Morgan fingerprint density at radius 3 is 2.00 bits per heavy atom. The van der Waals surface area contributed by atoms with Gasteiger partial charge in [-0.15, -0.1) is 0 Å². The summed E-state index contributed by atoms with van der Waals surface area (Å²) in [6.07, 6.45) is 5.49. The number of nitrogens with zero attached hydrogens (tertiary/aromatic N) is 3. The Morgan fingerprint density at radius 1 is 0.905 bits per heavy atom. The average Bonchev–Trinajstić information content (AvgIpc) is 2.98. The van der Waals surface area contributed by atoms with Gasteiger partial charge in [-0.3, -0.25) is 4.98 Å². The summed E-state index contributed by atoms with van der Waals surface area (Å²) in [6, 6.07) is 3.88. The van der Waals surface area contributed by atoms with Gasteiger partial charge in [0, 0.05) is 24.2 Å². The summed E-state index contributed by atoms with van der Waals surface area (Å²) in [5.74, 6) is 1.57. The molecule has 0 aliphatic heterocycles. The van der Waals surface area contributed by atoms with Crippen LogP contribution in [0.15, 0.2) is 30.7 Å². The standard InChI is InChI=1S/C13H13N5.2ClH.Pt/c1-8-6-15-12(17-8)10-4-3-5-14-11(10)13-16-7-9(2)18-13;;;/h3-7H,1-2H3,(H,15,17)(H,16,18);2*1H;/q;;;+2/p-2. The minimum Gasteiger partial charge on any atom is -1.00 e. The van der Waals surface area contributed by atoms with Crippen LogP contribution in [0.1, 0.15) is 11.4 Å². The van der Waals surface area contributed by atoms with Crippen molar-refractivity contribution in [3.8, 4) is 22.9 Å². The number of H-pyrrole nitrogens is 2. The molecule has 21 heavy (non-hydrogen) atoms. The van der Waals surface area contributed by atoms with Crippen LogP contribution in [0.5, 0.6) is 0 Å². The number of aromatic amines is 2. The van der Waals surface area contributed by atoms with E-state index in [-0.39, 0.29) is 45.9 Å². The third-order valence-electron chi connectivity index (χ3n) is 2.70. The normalized spacial score (nSPS) is 9.24. The van der Waals surface area contributed by atoms with E-state index in [1.165, 1.54) is 0 Å². The molecule has 0 spiro atoms. The van der Waals surface area contributed by atoms with Crippen LogP contribution in [-0.4, -0.2) is 24.9 Å². The Bertz CT molecular complexity index is 636. The van der Waals surface area contributed by atoms with E-state index in [4.69, 9.17) is 0 Å². The smallest absolute Gasteiger partial charge is 1.00 e. The zero-order valence-electron chi connectivity index (χ0n) is 11.3. The molecule has 0 aliphatic carbocycles. The molecule has 3 aromatic rings. The molecule has 0 aliphatic rings. The second-order valence-corrected chi connectivity index (χ2v) is 4.18. The third-order valence-corrected chi connectivity index (χ3v) is 2.70. The molecule has 2 N–H and O–H groups in total. The molecule has 3 heterocycles. The molecule has 0 amide bonds. The van der Waals surface area contributed by atoms with Gasteiger partial charge in [0.05, 0.1) is 11.4 Å². The first kappa shape index (κ1) is 19.8. The maximum absolute atomic E-state index is 4.44. The summed E-state index contributed by atoms with van der Waals surface area (Å²) in [5.41, 5.74) is 3.65. The van der Waals surface area contributed by atoms with E-state index < -0.39 is 0 Å². The molecule has 0 radical (unpaired) electrons. The molecule has 0 bridgehead atoms. The van der Waals surface area contributed by atoms with Crippen molar-refractivity contribution in [1.29, 1.82) is 0 Å². The Hall–Kier alpha value is -1.16. The van der Waals surface area contributed by atoms with Gasteiger partial charge >= 0.3 is 21.1 Å². The van der Waals surface area contributed by atoms with Crippen molar-refractivity contribution in [3.05, 3.63) is 42.1 Å². The fraction of sp³-hybridized carbons (Fsp3) is 0.154. The second kappa shape index (κ2) is 8.32. The van der Waals surface area contributed by atoms with Crippen LogP contribution in [0.3, 0.4) is 0 Å². The molecule has 0 atom stereocenters. The molecule has 3 aromatic heterocycles. The van der Waals surface area contributed by atoms with Crippen molar-refractivity contribution < 1.29 is 45.9 Å². The Kier molecular flexibility index (Phi) is 7.86. The van der Waals surface area contributed by atoms with Gasteiger partial charge in [0.2, 0.25) is 0 Å². The zero-order chi connectivity index (χ0) is 12.5. The first-order valence-electron chi connectivity index (χ1n) is 5.74. The summed E-state index contributed by atoms with van der Waals surface area (Å²) in [4.78, 5) is 19.5. The number of halogens is 2. The molecule has 0 aromatic carbocycles. The summed E-state index contributed by atoms with van der Waals surface area (Å²) >= 11 is 0. The van der Waals surface area contributed by atoms with Crippen LogP contribution in [-0.2, 0) is 21.1 Å². The third kappa shape index (κ3) is 4.16. The van der Waals surface area contributed by atoms with Crippen molar-refractivity contribution in [2.24, 2.45) is 0 Å². The van der Waals surface area contributed by atoms with E-state index in [0.717, 1.165) is 34.3 Å². The number of aromatic nitrogens is 5. The van der Waals surface area contributed by atoms with Crippen LogP contribution >= 0.6 is 0 Å². The van der Waals surface area contributed by atoms with Gasteiger partial charge in [0.25, 0.3) is 0 Å². The molecular formula is C13H13Cl2N5Pt. The summed E-state index contributed by atoms with van der Waals surface area (Å²) < 4.78 is 0. The first-order chi connectivity index (χ1) is 8.74. The quantitative estimate of drug-likeness (QED) is 0.380. The molecule has 0 saturated carbocycles. The number of hydrogen-bond acceptors (Lipinski definition) is 3. The summed E-state index contributed by atoms with van der Waals surface area (Å²) in [7, 11) is 0. The second-order valence-electron chi connectivity index (χ2n) is 4.18.